The van der Waals surface area contributed by atoms with Gasteiger partial charge in [-0.05, 0) is 55.5 Å². The zero-order chi connectivity index (χ0) is 26.0. The first-order chi connectivity index (χ1) is 16.9. The molecular formula is C25H20ClF4N3O3. The number of nitrogens with two attached hydrogens (primary N) is 1. The fraction of sp³-hybridized carbons (Fsp3) is 0.320. The SMILES string of the molecule is NC1CCc2c(-c3ccc(C(=O)O)cc3F)nn(C(=O)c3c(Cl)cccc3C3(C(F)(F)F)CC3)c2C1. The molecule has 1 atom stereocenters. The average Bonchev–Trinajstić information content (AvgIpc) is 3.55. The molecule has 2 aromatic carbocycles. The van der Waals surface area contributed by atoms with E-state index in [0.29, 0.717) is 24.1 Å². The lowest BCUT2D eigenvalue weighted by atomic mass is 9.89. The highest BCUT2D eigenvalue weighted by molar-refractivity contribution is 6.34. The van der Waals surface area contributed by atoms with Crippen molar-refractivity contribution in [3.8, 4) is 11.3 Å². The first-order valence-corrected chi connectivity index (χ1v) is 11.6. The number of halogens is 5. The van der Waals surface area contributed by atoms with Gasteiger partial charge in [0, 0.05) is 23.6 Å². The normalized spacial score (nSPS) is 18.6. The number of nitrogens with zero attached hydrogens (tertiary/aromatic N) is 2. The smallest absolute Gasteiger partial charge is 0.398 e. The van der Waals surface area contributed by atoms with Gasteiger partial charge in [0.1, 0.15) is 5.82 Å². The van der Waals surface area contributed by atoms with Crippen molar-refractivity contribution in [3.63, 3.8) is 0 Å². The number of carbonyl (C=O) groups is 2. The molecule has 3 aromatic rings. The molecule has 3 N–H and O–H groups in total. The van der Waals surface area contributed by atoms with Crippen LogP contribution in [0.25, 0.3) is 11.3 Å². The van der Waals surface area contributed by atoms with Gasteiger partial charge in [-0.1, -0.05) is 23.7 Å². The highest BCUT2D eigenvalue weighted by Crippen LogP contribution is 2.60. The molecule has 5 rings (SSSR count). The van der Waals surface area contributed by atoms with Gasteiger partial charge in [0.2, 0.25) is 0 Å². The van der Waals surface area contributed by atoms with Crippen LogP contribution in [0.2, 0.25) is 5.02 Å². The Morgan fingerprint density at radius 1 is 1.19 bits per heavy atom. The van der Waals surface area contributed by atoms with Gasteiger partial charge in [-0.25, -0.2) is 9.18 Å². The summed E-state index contributed by atoms with van der Waals surface area (Å²) in [6, 6.07) is 6.97. The molecule has 1 aromatic heterocycles. The number of carbonyl (C=O) groups excluding carboxylic acids is 1. The summed E-state index contributed by atoms with van der Waals surface area (Å²) < 4.78 is 57.8. The number of hydrogen-bond acceptors (Lipinski definition) is 4. The van der Waals surface area contributed by atoms with E-state index in [0.717, 1.165) is 10.7 Å². The van der Waals surface area contributed by atoms with Crippen LogP contribution in [0.15, 0.2) is 36.4 Å². The van der Waals surface area contributed by atoms with Crippen molar-refractivity contribution in [2.24, 2.45) is 5.73 Å². The van der Waals surface area contributed by atoms with Crippen LogP contribution >= 0.6 is 11.6 Å². The van der Waals surface area contributed by atoms with E-state index in [2.05, 4.69) is 5.10 Å². The van der Waals surface area contributed by atoms with E-state index in [1.807, 2.05) is 0 Å². The van der Waals surface area contributed by atoms with Crippen LogP contribution in [0.4, 0.5) is 17.6 Å². The van der Waals surface area contributed by atoms with Crippen molar-refractivity contribution in [1.82, 2.24) is 9.78 Å². The molecule has 2 aliphatic rings. The monoisotopic (exact) mass is 521 g/mol. The summed E-state index contributed by atoms with van der Waals surface area (Å²) in [4.78, 5) is 25.0. The lowest BCUT2D eigenvalue weighted by Gasteiger charge is -2.24. The third kappa shape index (κ3) is 3.79. The molecule has 36 heavy (non-hydrogen) atoms. The topological polar surface area (TPSA) is 98.2 Å². The van der Waals surface area contributed by atoms with E-state index in [9.17, 15) is 27.2 Å². The van der Waals surface area contributed by atoms with Gasteiger partial charge in [0.25, 0.3) is 5.91 Å². The molecule has 188 valence electrons. The van der Waals surface area contributed by atoms with Crippen LogP contribution in [-0.2, 0) is 18.3 Å². The minimum atomic E-state index is -4.57. The maximum atomic E-state index is 14.9. The lowest BCUT2D eigenvalue weighted by Crippen LogP contribution is -2.33. The van der Waals surface area contributed by atoms with Gasteiger partial charge in [0.05, 0.1) is 33.0 Å². The fourth-order valence-electron chi connectivity index (χ4n) is 4.94. The van der Waals surface area contributed by atoms with Gasteiger partial charge >= 0.3 is 12.1 Å². The van der Waals surface area contributed by atoms with Crippen LogP contribution in [0.5, 0.6) is 0 Å². The van der Waals surface area contributed by atoms with E-state index >= 15 is 0 Å². The van der Waals surface area contributed by atoms with Crippen LogP contribution < -0.4 is 5.73 Å². The Morgan fingerprint density at radius 3 is 2.53 bits per heavy atom. The van der Waals surface area contributed by atoms with Crippen LogP contribution in [0, 0.1) is 5.82 Å². The summed E-state index contributed by atoms with van der Waals surface area (Å²) in [5.74, 6) is -3.01. The van der Waals surface area contributed by atoms with Gasteiger partial charge < -0.3 is 10.8 Å². The maximum absolute atomic E-state index is 14.9. The van der Waals surface area contributed by atoms with Crippen molar-refractivity contribution >= 4 is 23.5 Å². The van der Waals surface area contributed by atoms with Crippen LogP contribution in [-0.4, -0.2) is 39.0 Å². The number of rotatable bonds is 4. The van der Waals surface area contributed by atoms with Crippen LogP contribution in [0.3, 0.4) is 0 Å². The average molecular weight is 522 g/mol. The number of carboxylic acid groups (broad SMARTS) is 1. The van der Waals surface area contributed by atoms with E-state index in [1.54, 1.807) is 0 Å². The van der Waals surface area contributed by atoms with E-state index in [1.165, 1.54) is 30.3 Å². The quantitative estimate of drug-likeness (QED) is 0.463. The molecule has 1 fully saturated rings. The van der Waals surface area contributed by atoms with Crippen molar-refractivity contribution in [2.45, 2.75) is 49.7 Å². The zero-order valence-electron chi connectivity index (χ0n) is 18.7. The maximum Gasteiger partial charge on any atom is 0.398 e. The molecule has 0 bridgehead atoms. The summed E-state index contributed by atoms with van der Waals surface area (Å²) in [7, 11) is 0. The second kappa shape index (κ2) is 8.41. The molecule has 1 unspecified atom stereocenters. The van der Waals surface area contributed by atoms with Crippen molar-refractivity contribution in [3.05, 3.63) is 75.2 Å². The molecule has 0 saturated heterocycles. The number of aromatic carboxylic acids is 1. The lowest BCUT2D eigenvalue weighted by molar-refractivity contribution is -0.160. The third-order valence-corrected chi connectivity index (χ3v) is 7.32. The molecule has 0 spiro atoms. The minimum Gasteiger partial charge on any atom is -0.478 e. The number of carboxylic acids is 1. The standard InChI is InChI=1S/C25H20ClF4N3O3/c26-17-3-1-2-16(24(8-9-24)25(28,29)30)20(17)22(34)33-19-11-13(31)5-7-15(19)21(32-33)14-6-4-12(23(35)36)10-18(14)27/h1-4,6,10,13H,5,7-9,11,31H2,(H,35,36). The highest BCUT2D eigenvalue weighted by atomic mass is 35.5. The Balaban J connectivity index is 1.68. The summed E-state index contributed by atoms with van der Waals surface area (Å²) >= 11 is 6.30. The number of hydrogen-bond donors (Lipinski definition) is 2. The largest absolute Gasteiger partial charge is 0.478 e. The molecular weight excluding hydrogens is 502 g/mol. The Morgan fingerprint density at radius 2 is 1.92 bits per heavy atom. The number of fused-ring (bicyclic) bond motifs is 1. The summed E-state index contributed by atoms with van der Waals surface area (Å²) in [6.45, 7) is 0. The fourth-order valence-corrected chi connectivity index (χ4v) is 5.19. The molecule has 6 nitrogen and oxygen atoms in total. The molecule has 0 aliphatic heterocycles. The number of benzene rings is 2. The summed E-state index contributed by atoms with van der Waals surface area (Å²) in [6.07, 6.45) is -3.80. The number of alkyl halides is 3. The summed E-state index contributed by atoms with van der Waals surface area (Å²) in [5, 5.41) is 13.3. The van der Waals surface area contributed by atoms with Crippen molar-refractivity contribution in [2.75, 3.05) is 0 Å². The Kier molecular flexibility index (Phi) is 5.72. The summed E-state index contributed by atoms with van der Waals surface area (Å²) in [5.41, 5.74) is 4.20. The van der Waals surface area contributed by atoms with E-state index in [-0.39, 0.29) is 58.3 Å². The van der Waals surface area contributed by atoms with Crippen LogP contribution in [0.1, 0.15) is 56.8 Å². The predicted molar refractivity (Wildman–Crippen MR) is 123 cm³/mol. The molecule has 0 radical (unpaired) electrons. The minimum absolute atomic E-state index is 0.0217. The Labute approximate surface area is 207 Å². The molecule has 1 heterocycles. The highest BCUT2D eigenvalue weighted by Gasteiger charge is 2.65. The van der Waals surface area contributed by atoms with E-state index < -0.39 is 29.3 Å². The van der Waals surface area contributed by atoms with Gasteiger partial charge in [-0.2, -0.15) is 23.0 Å². The first kappa shape index (κ1) is 24.5. The number of aromatic nitrogens is 2. The first-order valence-electron chi connectivity index (χ1n) is 11.2. The third-order valence-electron chi connectivity index (χ3n) is 7.01. The van der Waals surface area contributed by atoms with Crippen molar-refractivity contribution in [1.29, 1.82) is 0 Å². The Hall–Kier alpha value is -3.24. The molecule has 11 heteroatoms. The molecule has 0 amide bonds. The van der Waals surface area contributed by atoms with Crippen molar-refractivity contribution < 1.29 is 32.3 Å². The van der Waals surface area contributed by atoms with E-state index in [4.69, 9.17) is 22.4 Å². The zero-order valence-corrected chi connectivity index (χ0v) is 19.5. The predicted octanol–water partition coefficient (Wildman–Crippen LogP) is 5.14. The second-order valence-electron chi connectivity index (χ2n) is 9.24. The second-order valence-corrected chi connectivity index (χ2v) is 9.64. The van der Waals surface area contributed by atoms with Gasteiger partial charge in [-0.3, -0.25) is 4.79 Å². The van der Waals surface area contributed by atoms with Gasteiger partial charge in [-0.15, -0.1) is 0 Å². The molecule has 1 saturated carbocycles. The Bertz CT molecular complexity index is 1410. The van der Waals surface area contributed by atoms with Gasteiger partial charge in [0.15, 0.2) is 0 Å². The molecule has 2 aliphatic carbocycles.